The minimum absolute atomic E-state index is 0.0898. The van der Waals surface area contributed by atoms with Gasteiger partial charge in [0, 0.05) is 35.8 Å². The van der Waals surface area contributed by atoms with Gasteiger partial charge < -0.3 is 14.8 Å². The second-order valence-corrected chi connectivity index (χ2v) is 14.1. The van der Waals surface area contributed by atoms with Crippen LogP contribution in [0.5, 0.6) is 0 Å². The van der Waals surface area contributed by atoms with Gasteiger partial charge in [0.15, 0.2) is 0 Å². The van der Waals surface area contributed by atoms with Crippen LogP contribution in [0.25, 0.3) is 21.5 Å². The van der Waals surface area contributed by atoms with E-state index in [0.29, 0.717) is 10.6 Å². The van der Waals surface area contributed by atoms with E-state index in [1.165, 1.54) is 18.8 Å². The van der Waals surface area contributed by atoms with Gasteiger partial charge in [0.2, 0.25) is 5.91 Å². The first kappa shape index (κ1) is 28.3. The fourth-order valence-electron chi connectivity index (χ4n) is 5.87. The molecule has 42 heavy (non-hydrogen) atoms. The Labute approximate surface area is 248 Å². The van der Waals surface area contributed by atoms with Gasteiger partial charge in [-0.05, 0) is 61.6 Å². The molecule has 4 heterocycles. The summed E-state index contributed by atoms with van der Waals surface area (Å²) in [5.41, 5.74) is 1.58. The van der Waals surface area contributed by atoms with Gasteiger partial charge in [-0.1, -0.05) is 48.7 Å². The molecule has 1 aliphatic rings. The number of hydrogen-bond acceptors (Lipinski definition) is 7. The quantitative estimate of drug-likeness (QED) is 0.180. The van der Waals surface area contributed by atoms with E-state index >= 15 is 0 Å². The van der Waals surface area contributed by atoms with Crippen molar-refractivity contribution in [3.63, 3.8) is 0 Å². The number of aromatic nitrogens is 3. The summed E-state index contributed by atoms with van der Waals surface area (Å²) in [6.45, 7) is 1.66. The summed E-state index contributed by atoms with van der Waals surface area (Å²) < 4.78 is 35.5. The lowest BCUT2D eigenvalue weighted by atomic mass is 9.82. The van der Waals surface area contributed by atoms with Crippen LogP contribution >= 0.6 is 11.3 Å². The molecule has 1 fully saturated rings. The van der Waals surface area contributed by atoms with Gasteiger partial charge in [0.1, 0.15) is 21.7 Å². The van der Waals surface area contributed by atoms with Crippen molar-refractivity contribution >= 4 is 38.2 Å². The lowest BCUT2D eigenvalue weighted by molar-refractivity contribution is -0.127. The maximum atomic E-state index is 14.4. The van der Waals surface area contributed by atoms with Gasteiger partial charge >= 0.3 is 0 Å². The molecule has 0 bridgehead atoms. The Kier molecular flexibility index (Phi) is 7.98. The first-order valence-corrected chi connectivity index (χ1v) is 16.4. The van der Waals surface area contributed by atoms with E-state index in [-0.39, 0.29) is 22.6 Å². The normalized spacial score (nSPS) is 16.7. The third-order valence-electron chi connectivity index (χ3n) is 8.03. The molecule has 218 valence electrons. The van der Waals surface area contributed by atoms with Crippen molar-refractivity contribution in [1.82, 2.24) is 25.2 Å². The highest BCUT2D eigenvalue weighted by molar-refractivity contribution is 7.91. The number of nitrogens with zero attached hydrogens (tertiary/aromatic N) is 2. The number of amides is 1. The smallest absolute Gasteiger partial charge is 0.251 e. The molecule has 1 aliphatic carbocycles. The highest BCUT2D eigenvalue weighted by Gasteiger charge is 2.41. The van der Waals surface area contributed by atoms with E-state index in [0.717, 1.165) is 59.2 Å². The molecule has 0 radical (unpaired) electrons. The molecular formula is C31H33N5O4S2. The Morgan fingerprint density at radius 2 is 1.90 bits per heavy atom. The molecule has 3 N–H and O–H groups in total. The van der Waals surface area contributed by atoms with Gasteiger partial charge in [-0.25, -0.2) is 8.42 Å². The van der Waals surface area contributed by atoms with E-state index in [2.05, 4.69) is 25.2 Å². The predicted octanol–water partition coefficient (Wildman–Crippen LogP) is 6.00. The van der Waals surface area contributed by atoms with E-state index in [4.69, 9.17) is 4.52 Å². The molecule has 9 nitrogen and oxygen atoms in total. The molecule has 2 unspecified atom stereocenters. The van der Waals surface area contributed by atoms with Crippen molar-refractivity contribution < 1.29 is 17.7 Å². The van der Waals surface area contributed by atoms with Crippen LogP contribution in [0, 0.1) is 5.92 Å². The molecule has 11 heteroatoms. The van der Waals surface area contributed by atoms with Crippen LogP contribution in [0.4, 0.5) is 0 Å². The highest BCUT2D eigenvalue weighted by atomic mass is 32.2. The second-order valence-electron chi connectivity index (χ2n) is 11.1. The minimum atomic E-state index is -4.09. The number of hydrogen-bond donors (Lipinski definition) is 3. The summed E-state index contributed by atoms with van der Waals surface area (Å²) in [7, 11) is -4.09. The SMILES string of the molecule is CC(Cc1c[nH]c2ccccc12)(NS(=O)(=O)c1ccc(-c2ccon2)s1)C(=O)NC(c1ccccn1)C1CCCCC1. The van der Waals surface area contributed by atoms with Crippen LogP contribution in [0.1, 0.15) is 56.3 Å². The second kappa shape index (κ2) is 11.8. The number of rotatable bonds is 10. The lowest BCUT2D eigenvalue weighted by Crippen LogP contribution is -2.59. The molecule has 1 amide bonds. The van der Waals surface area contributed by atoms with Crippen molar-refractivity contribution in [3.05, 3.63) is 90.6 Å². The molecule has 2 atom stereocenters. The molecule has 6 rings (SSSR count). The number of benzene rings is 1. The third-order valence-corrected chi connectivity index (χ3v) is 11.2. The van der Waals surface area contributed by atoms with E-state index in [1.54, 1.807) is 25.3 Å². The van der Waals surface area contributed by atoms with E-state index in [1.807, 2.05) is 48.7 Å². The molecule has 4 aromatic heterocycles. The summed E-state index contributed by atoms with van der Waals surface area (Å²) in [5.74, 6) is -0.181. The lowest BCUT2D eigenvalue weighted by Gasteiger charge is -2.35. The standard InChI is InChI=1S/C31H33N5O4S2/c1-31(19-22-20-33-24-12-6-5-11-23(22)24,36-42(38,39)28-15-14-27(41-28)25-16-18-40-35-25)30(37)34-29(21-9-3-2-4-10-21)26-13-7-8-17-32-26/h5-8,11-18,20-21,29,33,36H,2-4,9-10,19H2,1H3,(H,34,37). The van der Waals surface area contributed by atoms with Gasteiger partial charge in [-0.3, -0.25) is 9.78 Å². The average molecular weight is 604 g/mol. The van der Waals surface area contributed by atoms with Crippen LogP contribution in [0.15, 0.2) is 88.1 Å². The summed E-state index contributed by atoms with van der Waals surface area (Å²) in [4.78, 5) is 22.8. The maximum Gasteiger partial charge on any atom is 0.251 e. The predicted molar refractivity (Wildman–Crippen MR) is 162 cm³/mol. The molecular weight excluding hydrogens is 571 g/mol. The summed E-state index contributed by atoms with van der Waals surface area (Å²) in [5, 5.41) is 8.10. The maximum absolute atomic E-state index is 14.4. The van der Waals surface area contributed by atoms with E-state index in [9.17, 15) is 13.2 Å². The Hall–Kier alpha value is -3.80. The van der Waals surface area contributed by atoms with Gasteiger partial charge in [-0.15, -0.1) is 11.3 Å². The fourth-order valence-corrected chi connectivity index (χ4v) is 8.51. The zero-order chi connectivity index (χ0) is 29.2. The number of fused-ring (bicyclic) bond motifs is 1. The summed E-state index contributed by atoms with van der Waals surface area (Å²) in [6.07, 6.45) is 10.5. The van der Waals surface area contributed by atoms with Crippen molar-refractivity contribution in [2.24, 2.45) is 5.92 Å². The number of aromatic amines is 1. The minimum Gasteiger partial charge on any atom is -0.364 e. The number of carbonyl (C=O) groups is 1. The monoisotopic (exact) mass is 603 g/mol. The Balaban J connectivity index is 1.35. The summed E-state index contributed by atoms with van der Waals surface area (Å²) >= 11 is 1.07. The van der Waals surface area contributed by atoms with Crippen molar-refractivity contribution in [2.75, 3.05) is 0 Å². The molecule has 1 saturated carbocycles. The van der Waals surface area contributed by atoms with Gasteiger partial charge in [-0.2, -0.15) is 4.72 Å². The Morgan fingerprint density at radius 3 is 2.67 bits per heavy atom. The van der Waals surface area contributed by atoms with Gasteiger partial charge in [0.25, 0.3) is 10.0 Å². The van der Waals surface area contributed by atoms with Crippen molar-refractivity contribution in [2.45, 2.75) is 61.2 Å². The molecule has 0 aliphatic heterocycles. The molecule has 5 aromatic rings. The topological polar surface area (TPSA) is 130 Å². The van der Waals surface area contributed by atoms with Gasteiger partial charge in [0.05, 0.1) is 16.6 Å². The number of para-hydroxylation sites is 1. The van der Waals surface area contributed by atoms with Crippen LogP contribution in [0.3, 0.4) is 0 Å². The third kappa shape index (κ3) is 5.90. The molecule has 0 spiro atoms. The molecule has 0 saturated heterocycles. The van der Waals surface area contributed by atoms with Crippen LogP contribution in [-0.4, -0.2) is 35.0 Å². The zero-order valence-electron chi connectivity index (χ0n) is 23.2. The number of carbonyl (C=O) groups excluding carboxylic acids is 1. The molecule has 1 aromatic carbocycles. The Morgan fingerprint density at radius 1 is 1.10 bits per heavy atom. The average Bonchev–Trinajstić information content (AvgIpc) is 3.78. The number of sulfonamides is 1. The first-order chi connectivity index (χ1) is 20.3. The van der Waals surface area contributed by atoms with Crippen molar-refractivity contribution in [1.29, 1.82) is 0 Å². The summed E-state index contributed by atoms with van der Waals surface area (Å²) in [6, 6.07) is 18.0. The fraction of sp³-hybridized carbons (Fsp3) is 0.323. The first-order valence-electron chi connectivity index (χ1n) is 14.1. The van der Waals surface area contributed by atoms with E-state index < -0.39 is 21.5 Å². The highest BCUT2D eigenvalue weighted by Crippen LogP contribution is 2.35. The number of nitrogens with one attached hydrogen (secondary N) is 3. The number of pyridine rings is 1. The number of H-pyrrole nitrogens is 1. The Bertz CT molecular complexity index is 1760. The number of thiophene rings is 1. The van der Waals surface area contributed by atoms with Crippen molar-refractivity contribution in [3.8, 4) is 10.6 Å². The van der Waals surface area contributed by atoms with Crippen LogP contribution in [-0.2, 0) is 21.2 Å². The largest absolute Gasteiger partial charge is 0.364 e. The van der Waals surface area contributed by atoms with Crippen LogP contribution in [0.2, 0.25) is 0 Å². The zero-order valence-corrected chi connectivity index (χ0v) is 24.9. The van der Waals surface area contributed by atoms with Crippen LogP contribution < -0.4 is 10.0 Å².